The number of aromatic nitrogens is 4. The van der Waals surface area contributed by atoms with Crippen LogP contribution in [-0.4, -0.2) is 66.7 Å². The van der Waals surface area contributed by atoms with Gasteiger partial charge in [0.1, 0.15) is 0 Å². The highest BCUT2D eigenvalue weighted by atomic mass is 32.1. The van der Waals surface area contributed by atoms with Gasteiger partial charge in [0.15, 0.2) is 10.3 Å². The number of aryl methyl sites for hydroxylation is 4. The largest absolute Gasteiger partial charge is 0.302 e. The molecule has 0 radical (unpaired) electrons. The summed E-state index contributed by atoms with van der Waals surface area (Å²) in [6.45, 7) is 20.1. The molecular weight excluding hydrogens is 689 g/mol. The van der Waals surface area contributed by atoms with Crippen LogP contribution in [0, 0.1) is 39.5 Å². The second kappa shape index (κ2) is 18.4. The van der Waals surface area contributed by atoms with Crippen LogP contribution in [0.25, 0.3) is 0 Å². The topological polar surface area (TPSA) is 116 Å². The number of anilines is 2. The quantitative estimate of drug-likeness (QED) is 0.168. The van der Waals surface area contributed by atoms with E-state index in [2.05, 4.69) is 106 Å². The van der Waals surface area contributed by atoms with Crippen molar-refractivity contribution in [3.8, 4) is 0 Å². The molecule has 4 aromatic heterocycles. The van der Waals surface area contributed by atoms with Crippen molar-refractivity contribution < 1.29 is 9.59 Å². The summed E-state index contributed by atoms with van der Waals surface area (Å²) in [4.78, 5) is 47.5. The predicted molar refractivity (Wildman–Crippen MR) is 213 cm³/mol. The lowest BCUT2D eigenvalue weighted by atomic mass is 9.85. The van der Waals surface area contributed by atoms with Gasteiger partial charge in [0.2, 0.25) is 11.8 Å². The smallest absolute Gasteiger partial charge is 0.223 e. The summed E-state index contributed by atoms with van der Waals surface area (Å²) in [6.07, 6.45) is 11.0. The molecule has 2 amide bonds. The number of piperidine rings is 2. The van der Waals surface area contributed by atoms with Crippen LogP contribution in [0.3, 0.4) is 0 Å². The first-order valence-electron chi connectivity index (χ1n) is 18.6. The zero-order valence-corrected chi connectivity index (χ0v) is 33.8. The number of carbonyl (C=O) groups is 2. The summed E-state index contributed by atoms with van der Waals surface area (Å²) < 4.78 is 0. The van der Waals surface area contributed by atoms with E-state index in [4.69, 9.17) is 0 Å². The Kier molecular flexibility index (Phi) is 14.1. The summed E-state index contributed by atoms with van der Waals surface area (Å²) >= 11 is 3.15. The average Bonchev–Trinajstić information content (AvgIpc) is 3.68. The molecule has 0 saturated carbocycles. The minimum absolute atomic E-state index is 0.0692. The molecule has 0 spiro atoms. The molecule has 0 aromatic carbocycles. The molecule has 2 aliphatic rings. The van der Waals surface area contributed by atoms with E-state index in [-0.39, 0.29) is 11.8 Å². The normalized spacial score (nSPS) is 20.9. The number of thiazole rings is 2. The van der Waals surface area contributed by atoms with E-state index in [1.807, 2.05) is 12.4 Å². The van der Waals surface area contributed by atoms with E-state index in [9.17, 15) is 9.59 Å². The van der Waals surface area contributed by atoms with Gasteiger partial charge in [-0.25, -0.2) is 9.97 Å². The van der Waals surface area contributed by atoms with Gasteiger partial charge in [0.05, 0.1) is 0 Å². The first-order valence-corrected chi connectivity index (χ1v) is 20.3. The second-order valence-electron chi connectivity index (χ2n) is 14.8. The van der Waals surface area contributed by atoms with Gasteiger partial charge in [-0.05, 0) is 140 Å². The third kappa shape index (κ3) is 11.7. The minimum atomic E-state index is -0.0692. The van der Waals surface area contributed by atoms with Gasteiger partial charge >= 0.3 is 0 Å². The van der Waals surface area contributed by atoms with Crippen LogP contribution in [0.4, 0.5) is 10.3 Å². The third-order valence-electron chi connectivity index (χ3n) is 10.2. The molecule has 2 saturated heterocycles. The number of carbonyl (C=O) groups excluding carboxylic acids is 2. The molecule has 10 nitrogen and oxygen atoms in total. The Bertz CT molecular complexity index is 1640. The van der Waals surface area contributed by atoms with Crippen LogP contribution in [0.15, 0.2) is 36.7 Å². The molecule has 6 rings (SSSR count). The lowest BCUT2D eigenvalue weighted by molar-refractivity contribution is -0.115. The third-order valence-corrected chi connectivity index (χ3v) is 12.0. The number of amides is 2. The highest BCUT2D eigenvalue weighted by molar-refractivity contribution is 7.16. The minimum Gasteiger partial charge on any atom is -0.302 e. The molecule has 52 heavy (non-hydrogen) atoms. The second-order valence-corrected chi connectivity index (χ2v) is 17.0. The summed E-state index contributed by atoms with van der Waals surface area (Å²) in [6, 6.07) is 9.96. The fraction of sp³-hybridized carbons (Fsp3) is 0.550. The number of likely N-dealkylation sites (tertiary alicyclic amines) is 2. The zero-order chi connectivity index (χ0) is 37.4. The lowest BCUT2D eigenvalue weighted by Gasteiger charge is -2.39. The van der Waals surface area contributed by atoms with E-state index < -0.39 is 0 Å². The number of pyridine rings is 2. The van der Waals surface area contributed by atoms with E-state index in [1.165, 1.54) is 60.4 Å². The Morgan fingerprint density at radius 2 is 1.04 bits per heavy atom. The SMILES string of the molecule is CC(=O)Nc1ncc(CN2CCC[C@@H](Cc3cc(C)nc(C)c3)[C@H]2C)s1.CC(=O)Nc1ncc(CN2CCC[C@H](Cc3cc(C)nc(C)c3)[C@@H]2C)s1. The number of hydrogen-bond acceptors (Lipinski definition) is 10. The van der Waals surface area contributed by atoms with Gasteiger partial charge in [0.25, 0.3) is 0 Å². The van der Waals surface area contributed by atoms with Crippen molar-refractivity contribution in [1.82, 2.24) is 29.7 Å². The molecule has 12 heteroatoms. The molecule has 4 atom stereocenters. The van der Waals surface area contributed by atoms with E-state index >= 15 is 0 Å². The van der Waals surface area contributed by atoms with Gasteiger partial charge in [-0.1, -0.05) is 0 Å². The maximum atomic E-state index is 11.2. The first kappa shape index (κ1) is 39.6. The van der Waals surface area contributed by atoms with Crippen LogP contribution in [0.1, 0.15) is 97.0 Å². The van der Waals surface area contributed by atoms with Crippen molar-refractivity contribution >= 4 is 44.8 Å². The van der Waals surface area contributed by atoms with Crippen molar-refractivity contribution in [3.05, 3.63) is 80.3 Å². The Morgan fingerprint density at radius 3 is 1.38 bits per heavy atom. The fourth-order valence-corrected chi connectivity index (χ4v) is 9.62. The molecule has 0 bridgehead atoms. The van der Waals surface area contributed by atoms with E-state index in [0.717, 1.165) is 61.8 Å². The highest BCUT2D eigenvalue weighted by Crippen LogP contribution is 2.31. The van der Waals surface area contributed by atoms with E-state index in [0.29, 0.717) is 34.2 Å². The number of nitrogens with zero attached hydrogens (tertiary/aromatic N) is 6. The highest BCUT2D eigenvalue weighted by Gasteiger charge is 2.30. The van der Waals surface area contributed by atoms with Crippen molar-refractivity contribution in [2.24, 2.45) is 11.8 Å². The zero-order valence-electron chi connectivity index (χ0n) is 32.2. The predicted octanol–water partition coefficient (Wildman–Crippen LogP) is 7.91. The van der Waals surface area contributed by atoms with Crippen LogP contribution >= 0.6 is 22.7 Å². The van der Waals surface area contributed by atoms with E-state index in [1.54, 1.807) is 22.7 Å². The van der Waals surface area contributed by atoms with Crippen molar-refractivity contribution in [2.75, 3.05) is 23.7 Å². The van der Waals surface area contributed by atoms with Gasteiger partial charge in [-0.2, -0.15) is 0 Å². The average molecular weight is 745 g/mol. The number of nitrogens with one attached hydrogen (secondary N) is 2. The first-order chi connectivity index (χ1) is 24.8. The standard InChI is InChI=1S/2C20H28N4OS/c2*1-13-8-17(9-14(2)22-13)10-18-6-5-7-24(15(18)3)12-19-11-21-20(26-19)23-16(4)25/h2*8-9,11,15,18H,5-7,10,12H2,1-4H3,(H,21,23,25)/t2*15-,18+/m10/s1. The Balaban J connectivity index is 0.000000201. The molecule has 2 fully saturated rings. The summed E-state index contributed by atoms with van der Waals surface area (Å²) in [5.74, 6) is 1.18. The molecular formula is C40H56N8O2S2. The van der Waals surface area contributed by atoms with Gasteiger partial charge in [-0.15, -0.1) is 22.7 Å². The summed E-state index contributed by atoms with van der Waals surface area (Å²) in [5, 5.41) is 6.92. The Morgan fingerprint density at radius 1 is 0.673 bits per heavy atom. The molecule has 2 aliphatic heterocycles. The van der Waals surface area contributed by atoms with Crippen LogP contribution in [-0.2, 0) is 35.5 Å². The summed E-state index contributed by atoms with van der Waals surface area (Å²) in [5.41, 5.74) is 7.23. The molecule has 0 aliphatic carbocycles. The maximum absolute atomic E-state index is 11.2. The van der Waals surface area contributed by atoms with Crippen molar-refractivity contribution in [3.63, 3.8) is 0 Å². The molecule has 2 N–H and O–H groups in total. The van der Waals surface area contributed by atoms with Gasteiger partial charge in [-0.3, -0.25) is 29.4 Å². The monoisotopic (exact) mass is 744 g/mol. The lowest BCUT2D eigenvalue weighted by Crippen LogP contribution is -2.43. The Hall–Kier alpha value is -3.58. The van der Waals surface area contributed by atoms with Crippen molar-refractivity contribution in [1.29, 1.82) is 0 Å². The maximum Gasteiger partial charge on any atom is 0.223 e. The van der Waals surface area contributed by atoms with Crippen LogP contribution < -0.4 is 10.6 Å². The Labute approximate surface area is 317 Å². The number of hydrogen-bond donors (Lipinski definition) is 2. The fourth-order valence-electron chi connectivity index (χ4n) is 7.85. The number of rotatable bonds is 10. The molecule has 6 heterocycles. The van der Waals surface area contributed by atoms with Gasteiger partial charge in [0, 0.05) is 83.9 Å². The van der Waals surface area contributed by atoms with Crippen LogP contribution in [0.2, 0.25) is 0 Å². The van der Waals surface area contributed by atoms with Crippen molar-refractivity contribution in [2.45, 2.75) is 119 Å². The molecule has 0 unspecified atom stereocenters. The molecule has 4 aromatic rings. The van der Waals surface area contributed by atoms with Crippen LogP contribution in [0.5, 0.6) is 0 Å². The summed E-state index contributed by atoms with van der Waals surface area (Å²) in [7, 11) is 0. The molecule has 280 valence electrons. The van der Waals surface area contributed by atoms with Gasteiger partial charge < -0.3 is 10.6 Å².